The van der Waals surface area contributed by atoms with E-state index in [-0.39, 0.29) is 5.54 Å². The molecule has 0 aliphatic heterocycles. The maximum absolute atomic E-state index is 6.30. The third-order valence-corrected chi connectivity index (χ3v) is 4.60. The number of aromatic nitrogens is 1. The molecule has 0 aromatic carbocycles. The maximum Gasteiger partial charge on any atom is 0.113 e. The molecule has 0 amide bonds. The van der Waals surface area contributed by atoms with Crippen LogP contribution in [0.1, 0.15) is 41.8 Å². The van der Waals surface area contributed by atoms with Crippen molar-refractivity contribution in [2.45, 2.75) is 44.6 Å². The summed E-state index contributed by atoms with van der Waals surface area (Å²) in [7, 11) is 1.71. The second-order valence-electron chi connectivity index (χ2n) is 4.76. The number of fused-ring (bicyclic) bond motifs is 1. The van der Waals surface area contributed by atoms with Crippen LogP contribution in [0.3, 0.4) is 0 Å². The van der Waals surface area contributed by atoms with E-state index < -0.39 is 0 Å². The number of thiazole rings is 1. The Morgan fingerprint density at radius 1 is 1.44 bits per heavy atom. The van der Waals surface area contributed by atoms with Crippen molar-refractivity contribution in [2.24, 2.45) is 5.73 Å². The molecule has 0 radical (unpaired) electrons. The van der Waals surface area contributed by atoms with Gasteiger partial charge in [0, 0.05) is 18.6 Å². The zero-order chi connectivity index (χ0) is 11.6. The minimum absolute atomic E-state index is 0.335. The van der Waals surface area contributed by atoms with Gasteiger partial charge in [-0.3, -0.25) is 0 Å². The molecule has 1 unspecified atom stereocenters. The van der Waals surface area contributed by atoms with E-state index in [9.17, 15) is 0 Å². The van der Waals surface area contributed by atoms with Crippen LogP contribution in [0.4, 0.5) is 0 Å². The molecule has 0 saturated carbocycles. The first kappa shape index (κ1) is 12.0. The summed E-state index contributed by atoms with van der Waals surface area (Å²) in [4.78, 5) is 6.17. The van der Waals surface area contributed by atoms with Crippen LogP contribution < -0.4 is 5.73 Å². The Morgan fingerprint density at radius 3 is 2.88 bits per heavy atom. The molecule has 0 fully saturated rings. The Bertz CT molecular complexity index is 336. The summed E-state index contributed by atoms with van der Waals surface area (Å²) in [6.07, 6.45) is 5.72. The van der Waals surface area contributed by atoms with E-state index in [0.29, 0.717) is 6.61 Å². The highest BCUT2D eigenvalue weighted by Crippen LogP contribution is 2.32. The lowest BCUT2D eigenvalue weighted by Gasteiger charge is -2.21. The second kappa shape index (κ2) is 4.82. The van der Waals surface area contributed by atoms with Gasteiger partial charge in [0.15, 0.2) is 0 Å². The van der Waals surface area contributed by atoms with Crippen LogP contribution in [0.5, 0.6) is 0 Å². The Morgan fingerprint density at radius 2 is 2.19 bits per heavy atom. The number of nitrogens with zero attached hydrogens (tertiary/aromatic N) is 1. The van der Waals surface area contributed by atoms with Gasteiger partial charge in [-0.15, -0.1) is 11.3 Å². The van der Waals surface area contributed by atoms with Gasteiger partial charge in [-0.25, -0.2) is 4.98 Å². The van der Waals surface area contributed by atoms with Gasteiger partial charge in [0.05, 0.1) is 11.2 Å². The summed E-state index contributed by atoms with van der Waals surface area (Å²) in [6, 6.07) is 0. The van der Waals surface area contributed by atoms with E-state index in [0.717, 1.165) is 17.8 Å². The quantitative estimate of drug-likeness (QED) is 0.878. The van der Waals surface area contributed by atoms with E-state index in [1.165, 1.54) is 29.8 Å². The lowest BCUT2D eigenvalue weighted by molar-refractivity contribution is 0.172. The molecule has 16 heavy (non-hydrogen) atoms. The molecule has 1 aromatic heterocycles. The lowest BCUT2D eigenvalue weighted by atomic mass is 10.0. The average molecular weight is 240 g/mol. The minimum Gasteiger partial charge on any atom is -0.385 e. The molecule has 1 heterocycles. The number of aryl methyl sites for hydroxylation is 2. The van der Waals surface area contributed by atoms with Crippen molar-refractivity contribution >= 4 is 11.3 Å². The molecule has 1 atom stereocenters. The monoisotopic (exact) mass is 240 g/mol. The fraction of sp³-hybridized carbons (Fsp3) is 0.750. The predicted octanol–water partition coefficient (Wildman–Crippen LogP) is 2.23. The molecule has 0 bridgehead atoms. The number of hydrogen-bond donors (Lipinski definition) is 1. The fourth-order valence-corrected chi connectivity index (χ4v) is 3.25. The normalized spacial score (nSPS) is 19.2. The molecular weight excluding hydrogens is 220 g/mol. The molecule has 1 aliphatic rings. The van der Waals surface area contributed by atoms with Gasteiger partial charge in [-0.05, 0) is 39.0 Å². The summed E-state index contributed by atoms with van der Waals surface area (Å²) in [5.41, 5.74) is 7.26. The van der Waals surface area contributed by atoms with Gasteiger partial charge in [-0.2, -0.15) is 0 Å². The Labute approximate surface area is 101 Å². The molecule has 4 heteroatoms. The van der Waals surface area contributed by atoms with Crippen molar-refractivity contribution in [3.05, 3.63) is 15.6 Å². The second-order valence-corrected chi connectivity index (χ2v) is 5.84. The number of hydrogen-bond acceptors (Lipinski definition) is 4. The largest absolute Gasteiger partial charge is 0.385 e. The minimum atomic E-state index is -0.335. The van der Waals surface area contributed by atoms with Crippen LogP contribution in [-0.2, 0) is 23.1 Å². The molecule has 1 aromatic rings. The third-order valence-electron chi connectivity index (χ3n) is 3.16. The van der Waals surface area contributed by atoms with Crippen molar-refractivity contribution in [2.75, 3.05) is 13.7 Å². The van der Waals surface area contributed by atoms with Crippen molar-refractivity contribution < 1.29 is 4.74 Å². The summed E-state index contributed by atoms with van der Waals surface area (Å²) in [6.45, 7) is 2.74. The topological polar surface area (TPSA) is 48.1 Å². The zero-order valence-corrected chi connectivity index (χ0v) is 10.9. The highest BCUT2D eigenvalue weighted by Gasteiger charge is 2.27. The van der Waals surface area contributed by atoms with Gasteiger partial charge >= 0.3 is 0 Å². The highest BCUT2D eigenvalue weighted by atomic mass is 32.1. The van der Waals surface area contributed by atoms with Crippen LogP contribution in [-0.4, -0.2) is 18.7 Å². The standard InChI is InChI=1S/C12H20N2OS/c1-12(13,7-8-15-2)11-14-9-5-3-4-6-10(9)16-11/h3-8,13H2,1-2H3. The smallest absolute Gasteiger partial charge is 0.113 e. The fourth-order valence-electron chi connectivity index (χ4n) is 2.02. The van der Waals surface area contributed by atoms with Crippen LogP contribution in [0, 0.1) is 0 Å². The van der Waals surface area contributed by atoms with Gasteiger partial charge in [0.1, 0.15) is 5.01 Å². The molecular formula is C12H20N2OS. The van der Waals surface area contributed by atoms with Crippen molar-refractivity contribution in [1.82, 2.24) is 4.98 Å². The van der Waals surface area contributed by atoms with Crippen molar-refractivity contribution in [3.8, 4) is 0 Å². The van der Waals surface area contributed by atoms with Crippen LogP contribution in [0.2, 0.25) is 0 Å². The van der Waals surface area contributed by atoms with E-state index in [1.807, 2.05) is 0 Å². The summed E-state index contributed by atoms with van der Waals surface area (Å²) >= 11 is 1.80. The molecule has 3 nitrogen and oxygen atoms in total. The Hall–Kier alpha value is -0.450. The average Bonchev–Trinajstić information content (AvgIpc) is 2.71. The first-order valence-corrected chi connectivity index (χ1v) is 6.72. The predicted molar refractivity (Wildman–Crippen MR) is 66.8 cm³/mol. The van der Waals surface area contributed by atoms with Crippen molar-refractivity contribution in [1.29, 1.82) is 0 Å². The number of methoxy groups -OCH3 is 1. The Kier molecular flexibility index (Phi) is 3.62. The zero-order valence-electron chi connectivity index (χ0n) is 10.1. The SMILES string of the molecule is COCCC(C)(N)c1nc2c(s1)CCCC2. The summed E-state index contributed by atoms with van der Waals surface area (Å²) < 4.78 is 5.10. The van der Waals surface area contributed by atoms with Gasteiger partial charge < -0.3 is 10.5 Å². The molecule has 90 valence electrons. The molecule has 1 aliphatic carbocycles. The van der Waals surface area contributed by atoms with Crippen LogP contribution >= 0.6 is 11.3 Å². The molecule has 2 rings (SSSR count). The maximum atomic E-state index is 6.30. The molecule has 2 N–H and O–H groups in total. The van der Waals surface area contributed by atoms with Crippen molar-refractivity contribution in [3.63, 3.8) is 0 Å². The Balaban J connectivity index is 2.16. The van der Waals surface area contributed by atoms with E-state index in [1.54, 1.807) is 18.4 Å². The number of ether oxygens (including phenoxy) is 1. The van der Waals surface area contributed by atoms with E-state index in [4.69, 9.17) is 15.5 Å². The van der Waals surface area contributed by atoms with Gasteiger partial charge in [0.2, 0.25) is 0 Å². The highest BCUT2D eigenvalue weighted by molar-refractivity contribution is 7.11. The van der Waals surface area contributed by atoms with Gasteiger partial charge in [0.25, 0.3) is 0 Å². The number of nitrogens with two attached hydrogens (primary N) is 1. The van der Waals surface area contributed by atoms with E-state index >= 15 is 0 Å². The van der Waals surface area contributed by atoms with Gasteiger partial charge in [-0.1, -0.05) is 0 Å². The summed E-state index contributed by atoms with van der Waals surface area (Å²) in [5, 5.41) is 1.08. The summed E-state index contributed by atoms with van der Waals surface area (Å²) in [5.74, 6) is 0. The molecule has 0 spiro atoms. The third kappa shape index (κ3) is 2.44. The first-order chi connectivity index (χ1) is 7.63. The van der Waals surface area contributed by atoms with E-state index in [2.05, 4.69) is 6.92 Å². The van der Waals surface area contributed by atoms with Crippen LogP contribution in [0.15, 0.2) is 0 Å². The first-order valence-electron chi connectivity index (χ1n) is 5.90. The number of rotatable bonds is 4. The lowest BCUT2D eigenvalue weighted by Crippen LogP contribution is -2.34. The van der Waals surface area contributed by atoms with Crippen LogP contribution in [0.25, 0.3) is 0 Å². The molecule has 0 saturated heterocycles.